The number of carbonyl (C=O) groups excluding carboxylic acids is 4. The molecule has 1 unspecified atom stereocenters. The Morgan fingerprint density at radius 2 is 1.73 bits per heavy atom. The summed E-state index contributed by atoms with van der Waals surface area (Å²) in [5, 5.41) is 3.13. The number of fused-ring (bicyclic) bond motifs is 1. The fraction of sp³-hybridized carbons (Fsp3) is 0.405. The topological polar surface area (TPSA) is 148 Å². The largest absolute Gasteiger partial charge is 0.417 e. The highest BCUT2D eigenvalue weighted by atomic mass is 79.9. The number of alkyl halides is 3. The van der Waals surface area contributed by atoms with Crippen LogP contribution in [0.25, 0.3) is 5.69 Å². The van der Waals surface area contributed by atoms with Gasteiger partial charge < -0.3 is 16.0 Å². The minimum atomic E-state index is -4.67. The number of halogens is 4. The summed E-state index contributed by atoms with van der Waals surface area (Å²) in [6.45, 7) is 10.8. The predicted octanol–water partition coefficient (Wildman–Crippen LogP) is 5.91. The van der Waals surface area contributed by atoms with Crippen molar-refractivity contribution in [3.8, 4) is 5.69 Å². The van der Waals surface area contributed by atoms with E-state index in [0.29, 0.717) is 16.9 Å². The number of rotatable bonds is 12. The lowest BCUT2D eigenvalue weighted by Crippen LogP contribution is -2.46. The Labute approximate surface area is 308 Å². The molecule has 0 bridgehead atoms. The first-order chi connectivity index (χ1) is 24.3. The van der Waals surface area contributed by atoms with E-state index in [0.717, 1.165) is 11.0 Å². The number of imide groups is 1. The van der Waals surface area contributed by atoms with Gasteiger partial charge in [0.15, 0.2) is 0 Å². The molecule has 3 aromatic rings. The number of nitrogens with two attached hydrogens (primary N) is 1. The molecule has 0 aliphatic carbocycles. The van der Waals surface area contributed by atoms with Gasteiger partial charge in [0.2, 0.25) is 11.9 Å². The molecule has 2 heterocycles. The molecule has 15 heteroatoms. The van der Waals surface area contributed by atoms with Gasteiger partial charge in [0.1, 0.15) is 5.78 Å². The van der Waals surface area contributed by atoms with Crippen LogP contribution in [-0.2, 0) is 28.7 Å². The second-order valence-electron chi connectivity index (χ2n) is 13.2. The maximum absolute atomic E-state index is 14.1. The van der Waals surface area contributed by atoms with E-state index in [4.69, 9.17) is 10.7 Å². The molecular weight excluding hydrogens is 745 g/mol. The van der Waals surface area contributed by atoms with Crippen LogP contribution in [0, 0.1) is 5.92 Å². The van der Waals surface area contributed by atoms with Crippen molar-refractivity contribution >= 4 is 45.4 Å². The lowest BCUT2D eigenvalue weighted by molar-refractivity contribution is -0.138. The van der Waals surface area contributed by atoms with Crippen LogP contribution in [-0.4, -0.2) is 68.0 Å². The molecule has 0 radical (unpaired) electrons. The average Bonchev–Trinajstić information content (AvgIpc) is 3.10. The smallest absolute Gasteiger partial charge is 0.349 e. The standard InChI is InChI=1S/C37H42BrF3N6O5/c1-7-21(4)43-36-44-29-19-46(34(51)24-13-16-28(38)27(18-24)37(39,40)41)22(5)17-26(29)35(52)47(36)25-14-11-23(12-15-25)33(50)45(6)31(49)10-8-9-30(48)32(42)20(2)3/h7,11-16,18,20-22,32H,1,8-10,17,19,42H2,2-6H3,(H,43,44)/t21-,22+,32?/m0/s1. The summed E-state index contributed by atoms with van der Waals surface area (Å²) in [5.74, 6) is -1.69. The maximum atomic E-state index is 14.1. The normalized spacial score (nSPS) is 15.4. The molecule has 0 fully saturated rings. The van der Waals surface area contributed by atoms with Crippen LogP contribution in [0.2, 0.25) is 0 Å². The summed E-state index contributed by atoms with van der Waals surface area (Å²) < 4.78 is 41.9. The van der Waals surface area contributed by atoms with Gasteiger partial charge in [0.05, 0.1) is 29.5 Å². The summed E-state index contributed by atoms with van der Waals surface area (Å²) in [4.78, 5) is 72.8. The molecular formula is C37H42BrF3N6O5. The zero-order valence-corrected chi connectivity index (χ0v) is 31.2. The Kier molecular flexibility index (Phi) is 12.6. The third-order valence-corrected chi connectivity index (χ3v) is 9.75. The predicted molar refractivity (Wildman–Crippen MR) is 194 cm³/mol. The maximum Gasteiger partial charge on any atom is 0.417 e. The molecule has 0 spiro atoms. The number of aromatic nitrogens is 2. The second kappa shape index (κ2) is 16.4. The van der Waals surface area contributed by atoms with E-state index in [-0.39, 0.29) is 71.5 Å². The van der Waals surface area contributed by atoms with Gasteiger partial charge in [-0.15, -0.1) is 6.58 Å². The van der Waals surface area contributed by atoms with Crippen molar-refractivity contribution in [2.75, 3.05) is 12.4 Å². The van der Waals surface area contributed by atoms with Crippen LogP contribution in [0.4, 0.5) is 19.1 Å². The van der Waals surface area contributed by atoms with Gasteiger partial charge >= 0.3 is 6.18 Å². The molecule has 1 aliphatic rings. The van der Waals surface area contributed by atoms with Gasteiger partial charge in [0, 0.05) is 53.1 Å². The molecule has 3 atom stereocenters. The van der Waals surface area contributed by atoms with Gasteiger partial charge in [-0.1, -0.05) is 35.9 Å². The fourth-order valence-corrected chi connectivity index (χ4v) is 6.22. The molecule has 0 saturated carbocycles. The number of hydrogen-bond donors (Lipinski definition) is 2. The summed E-state index contributed by atoms with van der Waals surface area (Å²) in [6.07, 6.45) is -2.60. The number of anilines is 1. The zero-order valence-electron chi connectivity index (χ0n) is 29.6. The van der Waals surface area contributed by atoms with Crippen molar-refractivity contribution in [1.29, 1.82) is 0 Å². The van der Waals surface area contributed by atoms with Crippen LogP contribution < -0.4 is 16.6 Å². The van der Waals surface area contributed by atoms with E-state index in [1.807, 2.05) is 13.8 Å². The summed E-state index contributed by atoms with van der Waals surface area (Å²) in [5.41, 5.74) is 5.51. The first-order valence-electron chi connectivity index (χ1n) is 16.8. The molecule has 52 heavy (non-hydrogen) atoms. The van der Waals surface area contributed by atoms with Gasteiger partial charge in [-0.25, -0.2) is 9.55 Å². The van der Waals surface area contributed by atoms with Crippen molar-refractivity contribution in [2.24, 2.45) is 11.7 Å². The highest BCUT2D eigenvalue weighted by molar-refractivity contribution is 9.10. The van der Waals surface area contributed by atoms with Crippen LogP contribution in [0.5, 0.6) is 0 Å². The number of hydrogen-bond acceptors (Lipinski definition) is 8. The lowest BCUT2D eigenvalue weighted by atomic mass is 9.97. The van der Waals surface area contributed by atoms with E-state index >= 15 is 0 Å². The third kappa shape index (κ3) is 8.87. The second-order valence-corrected chi connectivity index (χ2v) is 14.1. The van der Waals surface area contributed by atoms with E-state index in [1.165, 1.54) is 40.8 Å². The summed E-state index contributed by atoms with van der Waals surface area (Å²) in [7, 11) is 1.36. The van der Waals surface area contributed by atoms with Gasteiger partial charge in [-0.2, -0.15) is 13.2 Å². The molecule has 11 nitrogen and oxygen atoms in total. The van der Waals surface area contributed by atoms with Crippen molar-refractivity contribution in [3.05, 3.63) is 97.9 Å². The Hall–Kier alpha value is -4.63. The number of amides is 3. The molecule has 1 aromatic heterocycles. The van der Waals surface area contributed by atoms with E-state index in [1.54, 1.807) is 32.1 Å². The summed E-state index contributed by atoms with van der Waals surface area (Å²) in [6, 6.07) is 7.84. The highest BCUT2D eigenvalue weighted by Gasteiger charge is 2.36. The van der Waals surface area contributed by atoms with Crippen LogP contribution in [0.3, 0.4) is 0 Å². The SMILES string of the molecule is C=C[C@H](C)Nc1nc2c(c(=O)n1-c1ccc(C(=O)N(C)C(=O)CCCC(=O)C(N)C(C)C)cc1)C[C@@H](C)N(C(=O)c1ccc(Br)c(C(F)(F)F)c1)C2. The van der Waals surface area contributed by atoms with Gasteiger partial charge in [0.25, 0.3) is 17.4 Å². The molecule has 2 aromatic carbocycles. The van der Waals surface area contributed by atoms with Crippen LogP contribution in [0.1, 0.15) is 84.5 Å². The van der Waals surface area contributed by atoms with Gasteiger partial charge in [-0.3, -0.25) is 28.9 Å². The van der Waals surface area contributed by atoms with Crippen molar-refractivity contribution in [2.45, 2.75) is 84.2 Å². The minimum absolute atomic E-state index is 0.0112. The first kappa shape index (κ1) is 40.1. The molecule has 4 rings (SSSR count). The Balaban J connectivity index is 1.59. The molecule has 0 saturated heterocycles. The zero-order chi connectivity index (χ0) is 38.7. The molecule has 278 valence electrons. The van der Waals surface area contributed by atoms with Crippen LogP contribution in [0.15, 0.2) is 64.4 Å². The number of carbonyl (C=O) groups is 4. The lowest BCUT2D eigenvalue weighted by Gasteiger charge is -2.35. The molecule has 1 aliphatic heterocycles. The fourth-order valence-electron chi connectivity index (χ4n) is 5.75. The highest BCUT2D eigenvalue weighted by Crippen LogP contribution is 2.36. The van der Waals surface area contributed by atoms with Crippen molar-refractivity contribution in [1.82, 2.24) is 19.4 Å². The van der Waals surface area contributed by atoms with Crippen molar-refractivity contribution in [3.63, 3.8) is 0 Å². The van der Waals surface area contributed by atoms with E-state index in [9.17, 15) is 37.1 Å². The minimum Gasteiger partial charge on any atom is -0.349 e. The Bertz CT molecular complexity index is 1930. The molecule has 3 amide bonds. The number of ketones is 1. The summed E-state index contributed by atoms with van der Waals surface area (Å²) >= 11 is 2.90. The monoisotopic (exact) mass is 786 g/mol. The number of Topliss-reactive ketones (excluding diaryl/α,β-unsaturated/α-hetero) is 1. The number of nitrogens with one attached hydrogen (secondary N) is 1. The first-order valence-corrected chi connectivity index (χ1v) is 17.6. The van der Waals surface area contributed by atoms with E-state index < -0.39 is 47.1 Å². The Morgan fingerprint density at radius 3 is 2.33 bits per heavy atom. The molecule has 3 N–H and O–H groups in total. The Morgan fingerprint density at radius 1 is 1.10 bits per heavy atom. The van der Waals surface area contributed by atoms with Crippen molar-refractivity contribution < 1.29 is 32.3 Å². The van der Waals surface area contributed by atoms with Gasteiger partial charge in [-0.05, 0) is 75.1 Å². The third-order valence-electron chi connectivity index (χ3n) is 9.06. The number of benzene rings is 2. The number of nitrogens with zero attached hydrogens (tertiary/aromatic N) is 4. The van der Waals surface area contributed by atoms with Crippen LogP contribution >= 0.6 is 15.9 Å². The quantitative estimate of drug-likeness (QED) is 0.216. The average molecular weight is 788 g/mol. The van der Waals surface area contributed by atoms with E-state index in [2.05, 4.69) is 27.8 Å².